The van der Waals surface area contributed by atoms with Gasteiger partial charge in [-0.2, -0.15) is 0 Å². The monoisotopic (exact) mass is 275 g/mol. The predicted molar refractivity (Wildman–Crippen MR) is 77.7 cm³/mol. The van der Waals surface area contributed by atoms with Crippen LogP contribution in [0.5, 0.6) is 0 Å². The summed E-state index contributed by atoms with van der Waals surface area (Å²) in [6.45, 7) is 3.91. The van der Waals surface area contributed by atoms with Gasteiger partial charge in [0.1, 0.15) is 0 Å². The van der Waals surface area contributed by atoms with E-state index in [1.807, 2.05) is 0 Å². The van der Waals surface area contributed by atoms with Crippen LogP contribution in [0, 0.1) is 0 Å². The maximum absolute atomic E-state index is 11.7. The van der Waals surface area contributed by atoms with Crippen molar-refractivity contribution < 1.29 is 14.7 Å². The molecule has 2 rings (SSSR count). The van der Waals surface area contributed by atoms with Gasteiger partial charge in [-0.05, 0) is 31.0 Å². The minimum atomic E-state index is -0.964. The number of amides is 1. The summed E-state index contributed by atoms with van der Waals surface area (Å²) in [5.41, 5.74) is 0.624. The topological polar surface area (TPSA) is 66.4 Å². The lowest BCUT2D eigenvalue weighted by Gasteiger charge is -2.24. The van der Waals surface area contributed by atoms with E-state index < -0.39 is 17.3 Å². The molecule has 0 fully saturated rings. The molecule has 0 aliphatic carbocycles. The van der Waals surface area contributed by atoms with E-state index >= 15 is 0 Å². The lowest BCUT2D eigenvalue weighted by atomic mass is 9.88. The first-order chi connectivity index (χ1) is 9.45. The largest absolute Gasteiger partial charge is 0.385 e. The van der Waals surface area contributed by atoms with Crippen molar-refractivity contribution in [3.05, 3.63) is 29.3 Å². The third-order valence-corrected chi connectivity index (χ3v) is 3.86. The Morgan fingerprint density at radius 3 is 2.65 bits per heavy atom. The van der Waals surface area contributed by atoms with Gasteiger partial charge in [-0.3, -0.25) is 9.59 Å². The second kappa shape index (κ2) is 5.75. The number of Topliss-reactive ketones (excluding diaryl/α,β-unsaturated/α-hetero) is 1. The average Bonchev–Trinajstić information content (AvgIpc) is 2.70. The Hall–Kier alpha value is -1.68. The third kappa shape index (κ3) is 2.90. The van der Waals surface area contributed by atoms with Crippen LogP contribution in [-0.2, 0) is 10.4 Å². The number of rotatable bonds is 6. The molecule has 108 valence electrons. The number of nitrogens with one attached hydrogen (secondary N) is 1. The van der Waals surface area contributed by atoms with Gasteiger partial charge < -0.3 is 10.4 Å². The summed E-state index contributed by atoms with van der Waals surface area (Å²) in [5.74, 6) is -1.12. The van der Waals surface area contributed by atoms with Crippen molar-refractivity contribution in [2.24, 2.45) is 0 Å². The van der Waals surface area contributed by atoms with Crippen LogP contribution < -0.4 is 5.32 Å². The Morgan fingerprint density at radius 2 is 1.95 bits per heavy atom. The van der Waals surface area contributed by atoms with Crippen molar-refractivity contribution in [3.63, 3.8) is 0 Å². The molecular weight excluding hydrogens is 254 g/mol. The highest BCUT2D eigenvalue weighted by Gasteiger charge is 2.31. The van der Waals surface area contributed by atoms with Crippen molar-refractivity contribution in [2.45, 2.75) is 51.6 Å². The molecule has 1 aromatic carbocycles. The summed E-state index contributed by atoms with van der Waals surface area (Å²) in [4.78, 5) is 23.0. The minimum Gasteiger partial charge on any atom is -0.385 e. The third-order valence-electron chi connectivity index (χ3n) is 3.86. The Labute approximate surface area is 119 Å². The van der Waals surface area contributed by atoms with Crippen molar-refractivity contribution in [1.82, 2.24) is 0 Å². The van der Waals surface area contributed by atoms with Crippen LogP contribution in [0.1, 0.15) is 61.9 Å². The quantitative estimate of drug-likeness (QED) is 0.619. The second-order valence-electron chi connectivity index (χ2n) is 5.63. The lowest BCUT2D eigenvalue weighted by Crippen LogP contribution is -2.21. The van der Waals surface area contributed by atoms with Crippen LogP contribution in [0.3, 0.4) is 0 Å². The van der Waals surface area contributed by atoms with Gasteiger partial charge in [0.25, 0.3) is 11.7 Å². The van der Waals surface area contributed by atoms with Gasteiger partial charge in [-0.25, -0.2) is 0 Å². The fourth-order valence-corrected chi connectivity index (χ4v) is 2.52. The zero-order chi connectivity index (χ0) is 14.8. The van der Waals surface area contributed by atoms with Crippen molar-refractivity contribution in [2.75, 3.05) is 5.32 Å². The summed E-state index contributed by atoms with van der Waals surface area (Å²) >= 11 is 0. The zero-order valence-corrected chi connectivity index (χ0v) is 12.0. The van der Waals surface area contributed by atoms with Crippen LogP contribution in [0.25, 0.3) is 0 Å². The highest BCUT2D eigenvalue weighted by molar-refractivity contribution is 6.51. The van der Waals surface area contributed by atoms with Gasteiger partial charge in [0.05, 0.1) is 16.9 Å². The number of aliphatic hydroxyl groups is 1. The average molecular weight is 275 g/mol. The molecule has 0 aromatic heterocycles. The molecule has 0 radical (unpaired) electrons. The van der Waals surface area contributed by atoms with Crippen molar-refractivity contribution in [3.8, 4) is 0 Å². The smallest absolute Gasteiger partial charge is 0.296 e. The van der Waals surface area contributed by atoms with Gasteiger partial charge in [-0.1, -0.05) is 38.7 Å². The molecule has 20 heavy (non-hydrogen) atoms. The number of unbranched alkanes of at least 4 members (excludes halogenated alkanes) is 3. The van der Waals surface area contributed by atoms with Crippen molar-refractivity contribution in [1.29, 1.82) is 0 Å². The fraction of sp³-hybridized carbons (Fsp3) is 0.500. The number of benzene rings is 1. The maximum Gasteiger partial charge on any atom is 0.296 e. The number of hydrogen-bond acceptors (Lipinski definition) is 3. The SMILES string of the molecule is CCCCCCC(C)(O)c1ccc2c(c1)C(=O)C(=O)N2. The molecule has 1 aliphatic rings. The maximum atomic E-state index is 11.7. The molecule has 1 amide bonds. The molecule has 4 nitrogen and oxygen atoms in total. The Morgan fingerprint density at radius 1 is 1.20 bits per heavy atom. The first-order valence-electron chi connectivity index (χ1n) is 7.18. The number of anilines is 1. The molecule has 2 N–H and O–H groups in total. The van der Waals surface area contributed by atoms with E-state index in [4.69, 9.17) is 0 Å². The summed E-state index contributed by atoms with van der Waals surface area (Å²) in [7, 11) is 0. The fourth-order valence-electron chi connectivity index (χ4n) is 2.52. The van der Waals surface area contributed by atoms with E-state index in [9.17, 15) is 14.7 Å². The van der Waals surface area contributed by atoms with E-state index in [1.165, 1.54) is 0 Å². The number of fused-ring (bicyclic) bond motifs is 1. The molecular formula is C16H21NO3. The molecule has 1 atom stereocenters. The van der Waals surface area contributed by atoms with Crippen LogP contribution >= 0.6 is 0 Å². The van der Waals surface area contributed by atoms with E-state index in [0.717, 1.165) is 25.7 Å². The lowest BCUT2D eigenvalue weighted by molar-refractivity contribution is -0.112. The first-order valence-corrected chi connectivity index (χ1v) is 7.18. The number of ketones is 1. The molecule has 0 saturated carbocycles. The highest BCUT2D eigenvalue weighted by atomic mass is 16.3. The van der Waals surface area contributed by atoms with Crippen LogP contribution in [0.4, 0.5) is 5.69 Å². The predicted octanol–water partition coefficient (Wildman–Crippen LogP) is 3.00. The Bertz CT molecular complexity index is 535. The van der Waals surface area contributed by atoms with Crippen LogP contribution in [0.15, 0.2) is 18.2 Å². The number of carbonyl (C=O) groups excluding carboxylic acids is 2. The van der Waals surface area contributed by atoms with Gasteiger partial charge in [-0.15, -0.1) is 0 Å². The van der Waals surface area contributed by atoms with Gasteiger partial charge >= 0.3 is 0 Å². The van der Waals surface area contributed by atoms with E-state index in [2.05, 4.69) is 12.2 Å². The standard InChI is InChI=1S/C16H21NO3/c1-3-4-5-6-9-16(2,20)11-7-8-13-12(10-11)14(18)15(19)17-13/h7-8,10,20H,3-6,9H2,1-2H3,(H,17,18,19). The summed E-state index contributed by atoms with van der Waals surface area (Å²) in [6.07, 6.45) is 5.02. The Kier molecular flexibility index (Phi) is 4.23. The molecule has 0 spiro atoms. The second-order valence-corrected chi connectivity index (χ2v) is 5.63. The van der Waals surface area contributed by atoms with Crippen LogP contribution in [-0.4, -0.2) is 16.8 Å². The van der Waals surface area contributed by atoms with Gasteiger partial charge in [0.2, 0.25) is 0 Å². The molecule has 0 bridgehead atoms. The first kappa shape index (κ1) is 14.7. The Balaban J connectivity index is 2.13. The summed E-state index contributed by atoms with van der Waals surface area (Å²) < 4.78 is 0. The van der Waals surface area contributed by atoms with Crippen LogP contribution in [0.2, 0.25) is 0 Å². The number of carbonyl (C=O) groups is 2. The molecule has 1 heterocycles. The molecule has 4 heteroatoms. The summed E-state index contributed by atoms with van der Waals surface area (Å²) in [5, 5.41) is 13.1. The van der Waals surface area contributed by atoms with E-state index in [0.29, 0.717) is 23.2 Å². The highest BCUT2D eigenvalue weighted by Crippen LogP contribution is 2.32. The minimum absolute atomic E-state index is 0.362. The summed E-state index contributed by atoms with van der Waals surface area (Å²) in [6, 6.07) is 5.10. The van der Waals surface area contributed by atoms with Gasteiger partial charge in [0.15, 0.2) is 0 Å². The number of hydrogen-bond donors (Lipinski definition) is 2. The molecule has 1 unspecified atom stereocenters. The van der Waals surface area contributed by atoms with E-state index in [-0.39, 0.29) is 0 Å². The van der Waals surface area contributed by atoms with Gasteiger partial charge in [0, 0.05) is 0 Å². The van der Waals surface area contributed by atoms with Crippen molar-refractivity contribution >= 4 is 17.4 Å². The molecule has 1 aliphatic heterocycles. The molecule has 0 saturated heterocycles. The van der Waals surface area contributed by atoms with E-state index in [1.54, 1.807) is 25.1 Å². The normalized spacial score (nSPS) is 16.8. The molecule has 1 aromatic rings. The zero-order valence-electron chi connectivity index (χ0n) is 12.0.